The summed E-state index contributed by atoms with van der Waals surface area (Å²) in [5.41, 5.74) is 13.4. The van der Waals surface area contributed by atoms with Gasteiger partial charge in [-0.25, -0.2) is 0 Å². The molecule has 23 atom stereocenters. The zero-order chi connectivity index (χ0) is 66.7. The summed E-state index contributed by atoms with van der Waals surface area (Å²) in [4.78, 5) is 15.6. The van der Waals surface area contributed by atoms with Crippen LogP contribution in [-0.2, 0) is 11.2 Å². The Balaban J connectivity index is 0.804. The highest BCUT2D eigenvalue weighted by atomic mass is 16.4. The molecule has 514 valence electrons. The fourth-order valence-electron chi connectivity index (χ4n) is 31.8. The summed E-state index contributed by atoms with van der Waals surface area (Å²) in [6, 6.07) is 26.3. The van der Waals surface area contributed by atoms with E-state index in [2.05, 4.69) is 163 Å². The van der Waals surface area contributed by atoms with Gasteiger partial charge in [-0.3, -0.25) is 4.79 Å². The number of benzene rings is 3. The summed E-state index contributed by atoms with van der Waals surface area (Å²) in [7, 11) is 0. The molecule has 3 aromatic rings. The number of carbonyl (C=O) groups is 1. The van der Waals surface area contributed by atoms with E-state index in [1.165, 1.54) is 120 Å². The van der Waals surface area contributed by atoms with Crippen molar-refractivity contribution >= 4 is 28.8 Å². The van der Waals surface area contributed by atoms with Gasteiger partial charge in [-0.1, -0.05) is 171 Å². The molecule has 4 spiro atoms. The number of fused-ring (bicyclic) bond motifs is 6. The highest BCUT2D eigenvalue weighted by Crippen LogP contribution is 2.93. The Hall–Kier alpha value is -6.59. The highest BCUT2D eigenvalue weighted by Gasteiger charge is 2.88. The second kappa shape index (κ2) is 21.1. The molecule has 26 rings (SSSR count). The number of aliphatic carboxylic acids is 1. The summed E-state index contributed by atoms with van der Waals surface area (Å²) >= 11 is 0. The minimum absolute atomic E-state index is 0.0204. The number of hydrogen-bond acceptors (Lipinski definition) is 6. The Morgan fingerprint density at radius 1 is 0.740 bits per heavy atom. The van der Waals surface area contributed by atoms with Crippen LogP contribution in [0.15, 0.2) is 162 Å². The van der Waals surface area contributed by atoms with Crippen molar-refractivity contribution in [2.24, 2.45) is 114 Å². The number of carboxylic acid groups (broad SMARTS) is 1. The van der Waals surface area contributed by atoms with E-state index in [0.717, 1.165) is 88.1 Å². The van der Waals surface area contributed by atoms with Gasteiger partial charge in [-0.15, -0.1) is 5.92 Å². The first kappa shape index (κ1) is 60.9. The number of nitrogens with one attached hydrogen (secondary N) is 2. The molecule has 17 aliphatic carbocycles. The van der Waals surface area contributed by atoms with Crippen LogP contribution in [0.25, 0.3) is 22.8 Å². The van der Waals surface area contributed by atoms with Crippen LogP contribution in [0.2, 0.25) is 0 Å². The molecule has 0 saturated heterocycles. The van der Waals surface area contributed by atoms with Crippen molar-refractivity contribution in [3.63, 3.8) is 0 Å². The van der Waals surface area contributed by atoms with Crippen molar-refractivity contribution in [2.45, 2.75) is 191 Å². The maximum atomic E-state index is 15.6. The van der Waals surface area contributed by atoms with E-state index in [9.17, 15) is 20.4 Å². The van der Waals surface area contributed by atoms with Crippen LogP contribution in [0.1, 0.15) is 201 Å². The van der Waals surface area contributed by atoms with Crippen molar-refractivity contribution in [2.75, 3.05) is 13.1 Å². The van der Waals surface area contributed by atoms with Gasteiger partial charge in [0.1, 0.15) is 0 Å². The van der Waals surface area contributed by atoms with E-state index < -0.39 is 56.6 Å². The fraction of sp³-hybridized carbons (Fsp3) is 0.559. The van der Waals surface area contributed by atoms with Crippen molar-refractivity contribution in [1.82, 2.24) is 10.6 Å². The van der Waals surface area contributed by atoms with Crippen molar-refractivity contribution in [3.8, 4) is 11.8 Å². The van der Waals surface area contributed by atoms with E-state index in [-0.39, 0.29) is 58.2 Å². The molecule has 1 unspecified atom stereocenters. The van der Waals surface area contributed by atoms with E-state index in [0.29, 0.717) is 62.3 Å². The van der Waals surface area contributed by atoms with Crippen LogP contribution in [0, 0.1) is 126 Å². The summed E-state index contributed by atoms with van der Waals surface area (Å²) in [6.45, 7) is 4.16. The maximum Gasteiger partial charge on any atom is 0.307 e. The van der Waals surface area contributed by atoms with E-state index in [1.807, 2.05) is 0 Å². The van der Waals surface area contributed by atoms with Crippen molar-refractivity contribution < 1.29 is 25.2 Å². The Labute approximate surface area is 592 Å². The molecule has 23 aliphatic rings. The van der Waals surface area contributed by atoms with Crippen LogP contribution in [0.5, 0.6) is 0 Å². The van der Waals surface area contributed by atoms with E-state index >= 15 is 4.79 Å². The van der Waals surface area contributed by atoms with Crippen LogP contribution in [0.3, 0.4) is 0 Å². The molecule has 7 heteroatoms. The number of dihydropyridines is 1. The zero-order valence-electron chi connectivity index (χ0n) is 58.8. The number of allylic oxidation sites excluding steroid dienone is 13. The highest BCUT2D eigenvalue weighted by molar-refractivity contribution is 5.88. The molecule has 19 bridgehead atoms. The van der Waals surface area contributed by atoms with Gasteiger partial charge in [0.05, 0.1) is 30.2 Å². The average molecular weight is 1330 g/mol. The topological polar surface area (TPSA) is 122 Å². The molecule has 6 heterocycles. The molecule has 100 heavy (non-hydrogen) atoms. The SMILES string of the molecule is C[C@@]12[C@H]3CC[C@@]45CC[C@@]6(C[C@H]7C[C@H]8CCc9ccccc9[C@H]8C[C@@H]7C6)[C@H]4C=C[C@]14[C@H](O)C[C@]52C1=C(C3)[C@]23C5[C@@]6(C=CC[C@@]57CC#C[C@@H]5C=Cc8ccc(cc8[C@H]5C5=c8ccccc8=C(C=C[C@H]2C[C@@H]7O)[C@H]3C5=C6)C2=CC=C(NCCC[C@@H](C3CCCCC3)/C(=C/O)CC[C@H]4C(=O)O)NC2)C1. The maximum absolute atomic E-state index is 15.6. The lowest BCUT2D eigenvalue weighted by atomic mass is 9.25. The minimum atomic E-state index is -1.07. The summed E-state index contributed by atoms with van der Waals surface area (Å²) in [5, 5.41) is 63.4. The van der Waals surface area contributed by atoms with Crippen molar-refractivity contribution in [3.05, 3.63) is 200 Å². The molecule has 3 aromatic carbocycles. The number of rotatable bonds is 2. The minimum Gasteiger partial charge on any atom is -0.516 e. The monoisotopic (exact) mass is 1330 g/mol. The van der Waals surface area contributed by atoms with E-state index in [4.69, 9.17) is 0 Å². The third kappa shape index (κ3) is 7.32. The second-order valence-electron chi connectivity index (χ2n) is 37.2. The zero-order valence-corrected chi connectivity index (χ0v) is 58.8. The third-order valence-electron chi connectivity index (χ3n) is 34.8. The van der Waals surface area contributed by atoms with Crippen molar-refractivity contribution in [1.29, 1.82) is 0 Å². The number of aryl methyl sites for hydroxylation is 1. The Morgan fingerprint density at radius 3 is 2.46 bits per heavy atom. The van der Waals surface area contributed by atoms with Gasteiger partial charge in [-0.05, 0) is 282 Å². The Morgan fingerprint density at radius 2 is 1.60 bits per heavy atom. The number of hydrogen-bond donors (Lipinski definition) is 6. The summed E-state index contributed by atoms with van der Waals surface area (Å²) in [6.07, 6.45) is 53.3. The second-order valence-corrected chi connectivity index (χ2v) is 37.2. The van der Waals surface area contributed by atoms with Gasteiger partial charge in [0, 0.05) is 64.3 Å². The number of carboxylic acids is 1. The standard InChI is InChI=1S/C93H102N2O5/c1-86-64-32-37-90-40-39-87(47-62-42-59-25-22-55-14-5-6-16-67(55)71(59)44-63(62)48-87)77(90)33-38-91(86)74(84(99)100)30-26-61(53-96)66(54-12-3-2-4-13-54)19-10-41-94-80-31-27-60(52-95-80)58-24-21-56-20-23-57-15-9-35-89-36-11-34-88-49-73-82(81(57)72(56)43-58)69-18-8-7-17-68(69)70-29-28-65(46-78(89)97)93(83(70)73,85(88)89)75(45-64)76(50-88)92(86,90)51-79(91)98/h5-8,11,14,16-18,20-21,23-24,27-29,31,33-34,38,43,49,53-54,57,59,62-66,71,74,77-79,81,83,85,94-98H,2-4,10,12-13,19,22,25-26,30,32,35-37,39-42,44-48,50-52H2,1H3,(H,99,100)/b61-53+/t57-,59-,62-,63-,64+,65+,66+,71+,74+,77-,78+,79-,81+,83+,85?,86-,87+,88-,89-,90-,91+,92-,93-/m1/s1. The lowest BCUT2D eigenvalue weighted by molar-refractivity contribution is -0.216. The smallest absolute Gasteiger partial charge is 0.307 e. The van der Waals surface area contributed by atoms with Gasteiger partial charge in [0.25, 0.3) is 0 Å². The molecule has 7 saturated carbocycles. The molecular weight excluding hydrogens is 1230 g/mol. The van der Waals surface area contributed by atoms with Crippen LogP contribution >= 0.6 is 0 Å². The lowest BCUT2D eigenvalue weighted by Crippen LogP contribution is -2.74. The quantitative estimate of drug-likeness (QED) is 0.0859. The first-order valence-electron chi connectivity index (χ1n) is 40.4. The van der Waals surface area contributed by atoms with Crippen LogP contribution < -0.4 is 21.1 Å². The number of aliphatic hydroxyl groups is 3. The van der Waals surface area contributed by atoms with E-state index in [1.54, 1.807) is 22.3 Å². The molecule has 6 aliphatic heterocycles. The molecule has 0 radical (unpaired) electrons. The first-order chi connectivity index (χ1) is 48.8. The van der Waals surface area contributed by atoms with Crippen LogP contribution in [-0.4, -0.2) is 51.7 Å². The third-order valence-corrected chi connectivity index (χ3v) is 34.8. The van der Waals surface area contributed by atoms with Gasteiger partial charge in [0.15, 0.2) is 0 Å². The van der Waals surface area contributed by atoms with Crippen LogP contribution in [0.4, 0.5) is 0 Å². The lowest BCUT2D eigenvalue weighted by Gasteiger charge is -2.78. The largest absolute Gasteiger partial charge is 0.516 e. The summed E-state index contributed by atoms with van der Waals surface area (Å²) in [5.74, 6) is 11.3. The Kier molecular flexibility index (Phi) is 12.8. The molecule has 6 N–H and O–H groups in total. The predicted octanol–water partition coefficient (Wildman–Crippen LogP) is 16.6. The molecule has 0 aromatic heterocycles. The molecule has 0 amide bonds. The Bertz CT molecular complexity index is 4630. The van der Waals surface area contributed by atoms with Gasteiger partial charge < -0.3 is 31.1 Å². The van der Waals surface area contributed by atoms with Gasteiger partial charge in [0.2, 0.25) is 0 Å². The molecule has 7 nitrogen and oxygen atoms in total. The summed E-state index contributed by atoms with van der Waals surface area (Å²) < 4.78 is 0. The molecular formula is C93H102N2O5. The van der Waals surface area contributed by atoms with Gasteiger partial charge in [-0.2, -0.15) is 0 Å². The molecule has 7 fully saturated rings. The predicted molar refractivity (Wildman–Crippen MR) is 394 cm³/mol. The van der Waals surface area contributed by atoms with Gasteiger partial charge >= 0.3 is 5.97 Å². The normalized spacial score (nSPS) is 46.7. The fourth-order valence-corrected chi connectivity index (χ4v) is 31.8. The number of aliphatic hydroxyl groups excluding tert-OH is 3. The average Bonchev–Trinajstić information content (AvgIpc) is 1.27. The first-order valence-corrected chi connectivity index (χ1v) is 40.4.